The van der Waals surface area contributed by atoms with E-state index < -0.39 is 0 Å². The SMILES string of the molecule is Cc1ccc(-c2ccc3nc(N)nn3c2)cc1NC(=O)N1OCCC[C@H]1c1ccc(F)cc1. The van der Waals surface area contributed by atoms with Gasteiger partial charge in [0.05, 0.1) is 12.6 Å². The lowest BCUT2D eigenvalue weighted by molar-refractivity contribution is -0.168. The first-order chi connectivity index (χ1) is 16.0. The van der Waals surface area contributed by atoms with Gasteiger partial charge in [0.25, 0.3) is 0 Å². The number of nitrogens with one attached hydrogen (secondary N) is 1. The number of nitrogens with two attached hydrogens (primary N) is 1. The van der Waals surface area contributed by atoms with Crippen LogP contribution in [0.1, 0.15) is 30.0 Å². The molecule has 0 saturated carbocycles. The molecular formula is C24H23FN6O2. The summed E-state index contributed by atoms with van der Waals surface area (Å²) in [7, 11) is 0. The summed E-state index contributed by atoms with van der Waals surface area (Å²) in [5, 5.41) is 8.49. The van der Waals surface area contributed by atoms with Crippen molar-refractivity contribution >= 4 is 23.3 Å². The molecule has 0 radical (unpaired) electrons. The minimum atomic E-state index is -0.372. The molecule has 4 aromatic rings. The van der Waals surface area contributed by atoms with E-state index in [1.807, 2.05) is 43.5 Å². The summed E-state index contributed by atoms with van der Waals surface area (Å²) in [6, 6.07) is 15.1. The summed E-state index contributed by atoms with van der Waals surface area (Å²) in [6.45, 7) is 2.38. The number of hydroxylamine groups is 2. The van der Waals surface area contributed by atoms with Crippen molar-refractivity contribution in [1.29, 1.82) is 0 Å². The minimum absolute atomic E-state index is 0.209. The van der Waals surface area contributed by atoms with Gasteiger partial charge >= 0.3 is 6.03 Å². The lowest BCUT2D eigenvalue weighted by Crippen LogP contribution is -2.41. The molecule has 168 valence electrons. The number of halogens is 1. The first-order valence-corrected chi connectivity index (χ1v) is 10.7. The van der Waals surface area contributed by atoms with Gasteiger partial charge in [-0.2, -0.15) is 10.0 Å². The number of fused-ring (bicyclic) bond motifs is 1. The second-order valence-corrected chi connectivity index (χ2v) is 8.02. The highest BCUT2D eigenvalue weighted by atomic mass is 19.1. The van der Waals surface area contributed by atoms with Gasteiger partial charge in [-0.25, -0.2) is 13.7 Å². The molecule has 0 unspecified atom stereocenters. The number of hydrogen-bond acceptors (Lipinski definition) is 5. The Morgan fingerprint density at radius 2 is 1.94 bits per heavy atom. The molecule has 5 rings (SSSR count). The van der Waals surface area contributed by atoms with Crippen LogP contribution >= 0.6 is 0 Å². The predicted octanol–water partition coefficient (Wildman–Crippen LogP) is 4.73. The highest BCUT2D eigenvalue weighted by molar-refractivity contribution is 5.91. The highest BCUT2D eigenvalue weighted by Gasteiger charge is 2.30. The molecule has 1 atom stereocenters. The van der Waals surface area contributed by atoms with Crippen molar-refractivity contribution < 1.29 is 14.0 Å². The fourth-order valence-corrected chi connectivity index (χ4v) is 4.01. The van der Waals surface area contributed by atoms with E-state index in [1.165, 1.54) is 17.2 Å². The largest absolute Gasteiger partial charge is 0.366 e. The Bertz CT molecular complexity index is 1320. The topological polar surface area (TPSA) is 97.8 Å². The molecule has 1 aliphatic rings. The van der Waals surface area contributed by atoms with Crippen LogP contribution in [0.25, 0.3) is 16.8 Å². The van der Waals surface area contributed by atoms with Gasteiger partial charge in [0, 0.05) is 17.4 Å². The molecule has 0 bridgehead atoms. The van der Waals surface area contributed by atoms with E-state index >= 15 is 0 Å². The third-order valence-electron chi connectivity index (χ3n) is 5.75. The van der Waals surface area contributed by atoms with Crippen LogP contribution < -0.4 is 11.1 Å². The monoisotopic (exact) mass is 446 g/mol. The van der Waals surface area contributed by atoms with Crippen molar-refractivity contribution in [2.45, 2.75) is 25.8 Å². The van der Waals surface area contributed by atoms with Gasteiger partial charge in [-0.3, -0.25) is 4.84 Å². The Kier molecular flexibility index (Phi) is 5.39. The van der Waals surface area contributed by atoms with E-state index in [-0.39, 0.29) is 23.8 Å². The predicted molar refractivity (Wildman–Crippen MR) is 123 cm³/mol. The van der Waals surface area contributed by atoms with Crippen molar-refractivity contribution in [3.05, 3.63) is 77.7 Å². The van der Waals surface area contributed by atoms with E-state index in [0.717, 1.165) is 35.1 Å². The summed E-state index contributed by atoms with van der Waals surface area (Å²) in [5.41, 5.74) is 10.6. The number of benzene rings is 2. The summed E-state index contributed by atoms with van der Waals surface area (Å²) in [4.78, 5) is 23.0. The van der Waals surface area contributed by atoms with Gasteiger partial charge in [0.15, 0.2) is 5.65 Å². The van der Waals surface area contributed by atoms with Gasteiger partial charge in [0.1, 0.15) is 5.82 Å². The van der Waals surface area contributed by atoms with E-state index in [1.54, 1.807) is 16.6 Å². The number of anilines is 2. The molecular weight excluding hydrogens is 423 g/mol. The van der Waals surface area contributed by atoms with Crippen molar-refractivity contribution in [1.82, 2.24) is 19.7 Å². The number of aryl methyl sites for hydroxylation is 1. The smallest absolute Gasteiger partial charge is 0.346 e. The van der Waals surface area contributed by atoms with Crippen LogP contribution in [0.5, 0.6) is 0 Å². The zero-order valence-corrected chi connectivity index (χ0v) is 18.0. The number of urea groups is 1. The summed E-state index contributed by atoms with van der Waals surface area (Å²) >= 11 is 0. The van der Waals surface area contributed by atoms with Gasteiger partial charge < -0.3 is 11.1 Å². The van der Waals surface area contributed by atoms with Gasteiger partial charge in [-0.1, -0.05) is 24.3 Å². The minimum Gasteiger partial charge on any atom is -0.366 e. The lowest BCUT2D eigenvalue weighted by atomic mass is 10.0. The Balaban J connectivity index is 1.40. The number of nitrogen functional groups attached to an aromatic ring is 1. The number of nitrogens with zero attached hydrogens (tertiary/aromatic N) is 4. The maximum absolute atomic E-state index is 13.4. The number of aromatic nitrogens is 3. The quantitative estimate of drug-likeness (QED) is 0.474. The fraction of sp³-hybridized carbons (Fsp3) is 0.208. The van der Waals surface area contributed by atoms with Crippen LogP contribution in [0.4, 0.5) is 20.8 Å². The lowest BCUT2D eigenvalue weighted by Gasteiger charge is -2.34. The normalized spacial score (nSPS) is 16.2. The highest BCUT2D eigenvalue weighted by Crippen LogP contribution is 2.32. The van der Waals surface area contributed by atoms with Crippen LogP contribution in [0.15, 0.2) is 60.8 Å². The zero-order chi connectivity index (χ0) is 22.9. The summed E-state index contributed by atoms with van der Waals surface area (Å²) in [6.07, 6.45) is 3.39. The van der Waals surface area contributed by atoms with Crippen LogP contribution in [0, 0.1) is 12.7 Å². The third-order valence-corrected chi connectivity index (χ3v) is 5.75. The van der Waals surface area contributed by atoms with Gasteiger partial charge in [0.2, 0.25) is 5.95 Å². The summed E-state index contributed by atoms with van der Waals surface area (Å²) < 4.78 is 15.0. The second kappa shape index (κ2) is 8.51. The van der Waals surface area contributed by atoms with E-state index in [4.69, 9.17) is 10.6 Å². The fourth-order valence-electron chi connectivity index (χ4n) is 4.01. The van der Waals surface area contributed by atoms with Gasteiger partial charge in [-0.05, 0) is 66.8 Å². The number of hydrogen-bond donors (Lipinski definition) is 2. The van der Waals surface area contributed by atoms with Crippen molar-refractivity contribution in [3.8, 4) is 11.1 Å². The molecule has 1 saturated heterocycles. The molecule has 8 nitrogen and oxygen atoms in total. The van der Waals surface area contributed by atoms with E-state index in [0.29, 0.717) is 17.9 Å². The van der Waals surface area contributed by atoms with Crippen molar-refractivity contribution in [2.24, 2.45) is 0 Å². The molecule has 9 heteroatoms. The van der Waals surface area contributed by atoms with Crippen LogP contribution in [-0.2, 0) is 4.84 Å². The zero-order valence-electron chi connectivity index (χ0n) is 18.0. The van der Waals surface area contributed by atoms with E-state index in [9.17, 15) is 9.18 Å². The maximum atomic E-state index is 13.4. The molecule has 2 aromatic heterocycles. The van der Waals surface area contributed by atoms with Crippen molar-refractivity contribution in [2.75, 3.05) is 17.7 Å². The molecule has 1 aliphatic heterocycles. The standard InChI is InChI=1S/C24H23FN6O2/c1-15-4-5-17(18-8-11-22-28-23(26)29-30(22)14-18)13-20(15)27-24(32)31-21(3-2-12-33-31)16-6-9-19(25)10-7-16/h4-11,13-14,21H,2-3,12H2,1H3,(H2,26,29)(H,27,32)/t21-/m0/s1. The Hall–Kier alpha value is -3.98. The Labute approximate surface area is 189 Å². The number of carbonyl (C=O) groups is 1. The average Bonchev–Trinajstić information content (AvgIpc) is 3.20. The Morgan fingerprint density at radius 1 is 1.15 bits per heavy atom. The molecule has 2 amide bonds. The molecule has 1 fully saturated rings. The molecule has 0 aliphatic carbocycles. The molecule has 3 N–H and O–H groups in total. The van der Waals surface area contributed by atoms with Crippen molar-refractivity contribution in [3.63, 3.8) is 0 Å². The van der Waals surface area contributed by atoms with E-state index in [2.05, 4.69) is 15.4 Å². The Morgan fingerprint density at radius 3 is 2.76 bits per heavy atom. The van der Waals surface area contributed by atoms with Crippen LogP contribution in [0.3, 0.4) is 0 Å². The molecule has 2 aromatic carbocycles. The number of rotatable bonds is 3. The maximum Gasteiger partial charge on any atom is 0.346 e. The average molecular weight is 446 g/mol. The van der Waals surface area contributed by atoms with Crippen LogP contribution in [-0.4, -0.2) is 32.3 Å². The number of amides is 2. The molecule has 33 heavy (non-hydrogen) atoms. The third kappa shape index (κ3) is 4.22. The molecule has 0 spiro atoms. The second-order valence-electron chi connectivity index (χ2n) is 8.02. The molecule has 3 heterocycles. The first-order valence-electron chi connectivity index (χ1n) is 10.7. The number of carbonyl (C=O) groups excluding carboxylic acids is 1. The number of pyridine rings is 1. The summed E-state index contributed by atoms with van der Waals surface area (Å²) in [5.74, 6) is -0.105. The van der Waals surface area contributed by atoms with Gasteiger partial charge in [-0.15, -0.1) is 5.10 Å². The first kappa shape index (κ1) is 20.9. The van der Waals surface area contributed by atoms with Crippen LogP contribution in [0.2, 0.25) is 0 Å².